The summed E-state index contributed by atoms with van der Waals surface area (Å²) in [6.07, 6.45) is 0.670. The maximum Gasteiger partial charge on any atom is 0.240 e. The van der Waals surface area contributed by atoms with E-state index in [1.54, 1.807) is 16.8 Å². The van der Waals surface area contributed by atoms with Crippen molar-refractivity contribution in [1.29, 1.82) is 0 Å². The SMILES string of the molecule is CCc1nnc2n1N[C@H](c1ccc(F)cc1)[C@H](C(=O)Nc1ccc(F)cc1)S2. The van der Waals surface area contributed by atoms with E-state index in [1.807, 2.05) is 6.92 Å². The minimum Gasteiger partial charge on any atom is -0.325 e. The van der Waals surface area contributed by atoms with Gasteiger partial charge in [-0.15, -0.1) is 10.2 Å². The van der Waals surface area contributed by atoms with E-state index in [0.717, 1.165) is 11.4 Å². The molecule has 2 N–H and O–H groups in total. The summed E-state index contributed by atoms with van der Waals surface area (Å²) >= 11 is 1.28. The molecule has 28 heavy (non-hydrogen) atoms. The van der Waals surface area contributed by atoms with E-state index in [9.17, 15) is 13.6 Å². The Morgan fingerprint density at radius 1 is 1.11 bits per heavy atom. The van der Waals surface area contributed by atoms with E-state index in [-0.39, 0.29) is 17.5 Å². The number of benzene rings is 2. The van der Waals surface area contributed by atoms with Gasteiger partial charge in [0.2, 0.25) is 11.1 Å². The molecule has 2 heterocycles. The largest absolute Gasteiger partial charge is 0.325 e. The number of carbonyl (C=O) groups is 1. The fourth-order valence-electron chi connectivity index (χ4n) is 2.99. The number of hydrogen-bond donors (Lipinski definition) is 2. The second kappa shape index (κ2) is 7.59. The second-order valence-corrected chi connectivity index (χ2v) is 7.39. The number of rotatable bonds is 4. The lowest BCUT2D eigenvalue weighted by Gasteiger charge is -2.33. The van der Waals surface area contributed by atoms with Gasteiger partial charge in [-0.2, -0.15) is 0 Å². The summed E-state index contributed by atoms with van der Waals surface area (Å²) in [6, 6.07) is 11.1. The number of carbonyl (C=O) groups excluding carboxylic acids is 1. The standard InChI is InChI=1S/C19H17F2N5OS/c1-2-15-23-24-19-26(15)25-16(11-3-5-12(20)6-4-11)17(28-19)18(27)22-14-9-7-13(21)8-10-14/h3-10,16-17,25H,2H2,1H3,(H,22,27)/t16-,17-/m1/s1. The first kappa shape index (κ1) is 18.4. The normalized spacial score (nSPS) is 18.2. The highest BCUT2D eigenvalue weighted by molar-refractivity contribution is 8.00. The van der Waals surface area contributed by atoms with Crippen LogP contribution in [-0.4, -0.2) is 26.0 Å². The van der Waals surface area contributed by atoms with Crippen molar-refractivity contribution in [3.05, 3.63) is 71.6 Å². The van der Waals surface area contributed by atoms with Crippen molar-refractivity contribution in [2.75, 3.05) is 10.7 Å². The Morgan fingerprint density at radius 2 is 1.75 bits per heavy atom. The third-order valence-electron chi connectivity index (χ3n) is 4.42. The summed E-state index contributed by atoms with van der Waals surface area (Å²) in [5.41, 5.74) is 4.54. The topological polar surface area (TPSA) is 71.8 Å². The number of fused-ring (bicyclic) bond motifs is 1. The molecule has 0 bridgehead atoms. The number of aromatic nitrogens is 3. The predicted octanol–water partition coefficient (Wildman–Crippen LogP) is 3.52. The van der Waals surface area contributed by atoms with Crippen molar-refractivity contribution in [3.8, 4) is 0 Å². The van der Waals surface area contributed by atoms with E-state index < -0.39 is 11.3 Å². The van der Waals surface area contributed by atoms with Gasteiger partial charge in [0, 0.05) is 12.1 Å². The number of thioether (sulfide) groups is 1. The summed E-state index contributed by atoms with van der Waals surface area (Å²) in [5, 5.41) is 11.1. The van der Waals surface area contributed by atoms with Crippen LogP contribution in [0.25, 0.3) is 0 Å². The van der Waals surface area contributed by atoms with Gasteiger partial charge < -0.3 is 10.7 Å². The summed E-state index contributed by atoms with van der Waals surface area (Å²) in [7, 11) is 0. The van der Waals surface area contributed by atoms with E-state index in [4.69, 9.17) is 0 Å². The fraction of sp³-hybridized carbons (Fsp3) is 0.211. The molecule has 2 atom stereocenters. The molecule has 1 amide bonds. The maximum atomic E-state index is 13.4. The van der Waals surface area contributed by atoms with E-state index in [1.165, 1.54) is 48.2 Å². The molecule has 6 nitrogen and oxygen atoms in total. The molecular weight excluding hydrogens is 384 g/mol. The number of amides is 1. The van der Waals surface area contributed by atoms with Crippen LogP contribution in [-0.2, 0) is 11.2 Å². The number of nitrogens with zero attached hydrogens (tertiary/aromatic N) is 3. The van der Waals surface area contributed by atoms with Gasteiger partial charge in [-0.25, -0.2) is 13.5 Å². The Balaban J connectivity index is 1.66. The number of anilines is 1. The van der Waals surface area contributed by atoms with Gasteiger partial charge in [0.15, 0.2) is 5.82 Å². The molecule has 0 spiro atoms. The van der Waals surface area contributed by atoms with Crippen molar-refractivity contribution < 1.29 is 13.6 Å². The Labute approximate surface area is 164 Å². The van der Waals surface area contributed by atoms with Crippen molar-refractivity contribution in [1.82, 2.24) is 14.9 Å². The predicted molar refractivity (Wildman–Crippen MR) is 103 cm³/mol. The van der Waals surface area contributed by atoms with Gasteiger partial charge in [-0.3, -0.25) is 4.79 Å². The van der Waals surface area contributed by atoms with Gasteiger partial charge in [0.05, 0.1) is 6.04 Å². The minimum absolute atomic E-state index is 0.272. The zero-order valence-electron chi connectivity index (χ0n) is 14.9. The smallest absolute Gasteiger partial charge is 0.240 e. The average Bonchev–Trinajstić information content (AvgIpc) is 3.11. The minimum atomic E-state index is -0.586. The number of hydrogen-bond acceptors (Lipinski definition) is 5. The highest BCUT2D eigenvalue weighted by Gasteiger charge is 2.37. The zero-order valence-corrected chi connectivity index (χ0v) is 15.7. The number of halogens is 2. The molecule has 0 radical (unpaired) electrons. The first-order chi connectivity index (χ1) is 13.5. The van der Waals surface area contributed by atoms with Crippen LogP contribution in [0.15, 0.2) is 53.7 Å². The zero-order chi connectivity index (χ0) is 19.7. The lowest BCUT2D eigenvalue weighted by atomic mass is 10.0. The van der Waals surface area contributed by atoms with Crippen LogP contribution >= 0.6 is 11.8 Å². The molecule has 0 fully saturated rings. The van der Waals surface area contributed by atoms with Crippen LogP contribution in [0.1, 0.15) is 24.4 Å². The van der Waals surface area contributed by atoms with Crippen LogP contribution in [0, 0.1) is 11.6 Å². The summed E-state index contributed by atoms with van der Waals surface area (Å²) in [4.78, 5) is 13.0. The molecule has 0 unspecified atom stereocenters. The highest BCUT2D eigenvalue weighted by Crippen LogP contribution is 2.37. The lowest BCUT2D eigenvalue weighted by Crippen LogP contribution is -2.41. The molecule has 1 aliphatic rings. The molecule has 4 rings (SSSR count). The summed E-state index contributed by atoms with van der Waals surface area (Å²) in [5.74, 6) is -0.257. The molecule has 144 valence electrons. The summed E-state index contributed by atoms with van der Waals surface area (Å²) < 4.78 is 28.3. The van der Waals surface area contributed by atoms with E-state index in [0.29, 0.717) is 17.3 Å². The Hall–Kier alpha value is -2.94. The molecule has 3 aromatic rings. The van der Waals surface area contributed by atoms with Crippen molar-refractivity contribution >= 4 is 23.4 Å². The monoisotopic (exact) mass is 401 g/mol. The third-order valence-corrected chi connectivity index (χ3v) is 5.63. The number of nitrogens with one attached hydrogen (secondary N) is 2. The van der Waals surface area contributed by atoms with Crippen LogP contribution in [0.5, 0.6) is 0 Å². The summed E-state index contributed by atoms with van der Waals surface area (Å²) in [6.45, 7) is 1.96. The molecule has 1 aliphatic heterocycles. The third kappa shape index (κ3) is 3.57. The molecule has 0 saturated carbocycles. The van der Waals surface area contributed by atoms with Crippen LogP contribution < -0.4 is 10.7 Å². The van der Waals surface area contributed by atoms with Gasteiger partial charge in [0.25, 0.3) is 0 Å². The van der Waals surface area contributed by atoms with Crippen LogP contribution in [0.2, 0.25) is 0 Å². The Morgan fingerprint density at radius 3 is 2.39 bits per heavy atom. The second-order valence-electron chi connectivity index (χ2n) is 6.28. The van der Waals surface area contributed by atoms with E-state index in [2.05, 4.69) is 20.9 Å². The van der Waals surface area contributed by atoms with Gasteiger partial charge in [-0.05, 0) is 42.0 Å². The first-order valence-corrected chi connectivity index (χ1v) is 9.62. The number of aryl methyl sites for hydroxylation is 1. The lowest BCUT2D eigenvalue weighted by molar-refractivity contribution is -0.116. The Bertz CT molecular complexity index is 991. The maximum absolute atomic E-state index is 13.4. The van der Waals surface area contributed by atoms with Crippen LogP contribution in [0.3, 0.4) is 0 Å². The van der Waals surface area contributed by atoms with Gasteiger partial charge in [-0.1, -0.05) is 30.8 Å². The Kier molecular flexibility index (Phi) is 4.99. The van der Waals surface area contributed by atoms with Crippen LogP contribution in [0.4, 0.5) is 14.5 Å². The molecule has 9 heteroatoms. The molecular formula is C19H17F2N5OS. The van der Waals surface area contributed by atoms with Crippen molar-refractivity contribution in [2.45, 2.75) is 29.8 Å². The first-order valence-electron chi connectivity index (χ1n) is 8.74. The highest BCUT2D eigenvalue weighted by atomic mass is 32.2. The molecule has 1 aromatic heterocycles. The average molecular weight is 401 g/mol. The molecule has 2 aromatic carbocycles. The van der Waals surface area contributed by atoms with Crippen molar-refractivity contribution in [3.63, 3.8) is 0 Å². The fourth-order valence-corrected chi connectivity index (χ4v) is 4.09. The van der Waals surface area contributed by atoms with Gasteiger partial charge in [0.1, 0.15) is 16.9 Å². The molecule has 0 aliphatic carbocycles. The molecule has 0 saturated heterocycles. The quantitative estimate of drug-likeness (QED) is 0.700. The van der Waals surface area contributed by atoms with Crippen molar-refractivity contribution in [2.24, 2.45) is 0 Å². The van der Waals surface area contributed by atoms with E-state index >= 15 is 0 Å². The van der Waals surface area contributed by atoms with Gasteiger partial charge >= 0.3 is 0 Å².